The van der Waals surface area contributed by atoms with Gasteiger partial charge in [0.25, 0.3) is 0 Å². The highest BCUT2D eigenvalue weighted by molar-refractivity contribution is 5.33. The summed E-state index contributed by atoms with van der Waals surface area (Å²) in [5.74, 6) is 0.802. The Morgan fingerprint density at radius 1 is 1.25 bits per heavy atom. The van der Waals surface area contributed by atoms with Crippen molar-refractivity contribution < 1.29 is 0 Å². The quantitative estimate of drug-likeness (QED) is 0.923. The maximum absolute atomic E-state index is 4.45. The molecule has 1 unspecified atom stereocenters. The summed E-state index contributed by atoms with van der Waals surface area (Å²) in [5, 5.41) is 7.85. The summed E-state index contributed by atoms with van der Waals surface area (Å²) in [6.45, 7) is 2.04. The fraction of sp³-hybridized carbons (Fsp3) is 0.471. The van der Waals surface area contributed by atoms with Gasteiger partial charge in [0.2, 0.25) is 0 Å². The first-order valence-electron chi connectivity index (χ1n) is 7.46. The first-order valence-corrected chi connectivity index (χ1v) is 7.46. The molecule has 3 nitrogen and oxygen atoms in total. The molecule has 2 aromatic rings. The lowest BCUT2D eigenvalue weighted by Crippen LogP contribution is -2.20. The Labute approximate surface area is 121 Å². The molecule has 1 saturated carbocycles. The maximum atomic E-state index is 4.45. The Hall–Kier alpha value is -1.61. The molecule has 106 valence electrons. The van der Waals surface area contributed by atoms with Crippen LogP contribution in [0.25, 0.3) is 0 Å². The van der Waals surface area contributed by atoms with E-state index in [0.717, 1.165) is 11.6 Å². The van der Waals surface area contributed by atoms with Gasteiger partial charge in [-0.05, 0) is 49.9 Å². The minimum Gasteiger partial charge on any atom is -0.308 e. The SMILES string of the molecule is CNC(c1ccc(C2CCC2)cc1)c1cc(C)nn1C. The Bertz CT molecular complexity index is 579. The fourth-order valence-electron chi connectivity index (χ4n) is 3.09. The van der Waals surface area contributed by atoms with Crippen molar-refractivity contribution in [1.82, 2.24) is 15.1 Å². The molecule has 3 heteroatoms. The average Bonchev–Trinajstić information content (AvgIpc) is 2.70. The molecule has 1 N–H and O–H groups in total. The fourth-order valence-corrected chi connectivity index (χ4v) is 3.09. The summed E-state index contributed by atoms with van der Waals surface area (Å²) in [4.78, 5) is 0. The van der Waals surface area contributed by atoms with Gasteiger partial charge in [-0.15, -0.1) is 0 Å². The first kappa shape index (κ1) is 13.4. The van der Waals surface area contributed by atoms with Crippen molar-refractivity contribution in [1.29, 1.82) is 0 Å². The number of nitrogens with zero attached hydrogens (tertiary/aromatic N) is 2. The molecule has 3 rings (SSSR count). The normalized spacial score (nSPS) is 16.9. The summed E-state index contributed by atoms with van der Waals surface area (Å²) in [6, 6.07) is 11.5. The van der Waals surface area contributed by atoms with E-state index in [0.29, 0.717) is 0 Å². The Morgan fingerprint density at radius 2 is 1.95 bits per heavy atom. The summed E-state index contributed by atoms with van der Waals surface area (Å²) in [7, 11) is 4.02. The average molecular weight is 269 g/mol. The van der Waals surface area contributed by atoms with Gasteiger partial charge in [0.1, 0.15) is 0 Å². The van der Waals surface area contributed by atoms with Crippen LogP contribution in [0.15, 0.2) is 30.3 Å². The standard InChI is InChI=1S/C17H23N3/c1-12-11-16(20(3)19-12)17(18-2)15-9-7-14(8-10-15)13-5-4-6-13/h7-11,13,17-18H,4-6H2,1-3H3. The molecule has 20 heavy (non-hydrogen) atoms. The highest BCUT2D eigenvalue weighted by atomic mass is 15.3. The summed E-state index contributed by atoms with van der Waals surface area (Å²) in [5.41, 5.74) is 5.07. The molecule has 1 fully saturated rings. The van der Waals surface area contributed by atoms with Crippen LogP contribution in [0, 0.1) is 6.92 Å². The van der Waals surface area contributed by atoms with Crippen LogP contribution in [-0.2, 0) is 7.05 Å². The third-order valence-corrected chi connectivity index (χ3v) is 4.47. The zero-order chi connectivity index (χ0) is 14.1. The van der Waals surface area contributed by atoms with E-state index in [1.54, 1.807) is 0 Å². The highest BCUT2D eigenvalue weighted by Crippen LogP contribution is 2.36. The van der Waals surface area contributed by atoms with Crippen LogP contribution in [-0.4, -0.2) is 16.8 Å². The molecule has 0 bridgehead atoms. The van der Waals surface area contributed by atoms with Gasteiger partial charge in [0, 0.05) is 7.05 Å². The molecular formula is C17H23N3. The molecule has 1 aromatic heterocycles. The summed E-state index contributed by atoms with van der Waals surface area (Å²) < 4.78 is 1.97. The molecule has 0 amide bonds. The Morgan fingerprint density at radius 3 is 2.40 bits per heavy atom. The number of hydrogen-bond donors (Lipinski definition) is 1. The Kier molecular flexibility index (Phi) is 3.62. The molecule has 0 saturated heterocycles. The van der Waals surface area contributed by atoms with Gasteiger partial charge < -0.3 is 5.32 Å². The van der Waals surface area contributed by atoms with E-state index in [1.165, 1.54) is 36.1 Å². The predicted molar refractivity (Wildman–Crippen MR) is 81.9 cm³/mol. The second-order valence-corrected chi connectivity index (χ2v) is 5.85. The number of aromatic nitrogens is 2. The van der Waals surface area contributed by atoms with Gasteiger partial charge in [-0.25, -0.2) is 0 Å². The zero-order valence-electron chi connectivity index (χ0n) is 12.6. The molecular weight excluding hydrogens is 246 g/mol. The third kappa shape index (κ3) is 2.38. The molecule has 0 radical (unpaired) electrons. The first-order chi connectivity index (χ1) is 9.69. The van der Waals surface area contributed by atoms with Crippen LogP contribution in [0.4, 0.5) is 0 Å². The zero-order valence-corrected chi connectivity index (χ0v) is 12.6. The van der Waals surface area contributed by atoms with Crippen LogP contribution >= 0.6 is 0 Å². The monoisotopic (exact) mass is 269 g/mol. The van der Waals surface area contributed by atoms with E-state index < -0.39 is 0 Å². The van der Waals surface area contributed by atoms with Crippen molar-refractivity contribution in [2.24, 2.45) is 7.05 Å². The van der Waals surface area contributed by atoms with Crippen molar-refractivity contribution in [3.63, 3.8) is 0 Å². The molecule has 0 aliphatic heterocycles. The van der Waals surface area contributed by atoms with E-state index in [-0.39, 0.29) is 6.04 Å². The lowest BCUT2D eigenvalue weighted by molar-refractivity contribution is 0.419. The second-order valence-electron chi connectivity index (χ2n) is 5.85. The van der Waals surface area contributed by atoms with E-state index in [1.807, 2.05) is 25.7 Å². The van der Waals surface area contributed by atoms with Gasteiger partial charge in [0.15, 0.2) is 0 Å². The van der Waals surface area contributed by atoms with E-state index in [2.05, 4.69) is 40.7 Å². The summed E-state index contributed by atoms with van der Waals surface area (Å²) >= 11 is 0. The number of aryl methyl sites for hydroxylation is 2. The number of nitrogens with one attached hydrogen (secondary N) is 1. The van der Waals surface area contributed by atoms with Crippen LogP contribution in [0.3, 0.4) is 0 Å². The van der Waals surface area contributed by atoms with Crippen LogP contribution < -0.4 is 5.32 Å². The van der Waals surface area contributed by atoms with Crippen molar-refractivity contribution in [3.05, 3.63) is 52.8 Å². The van der Waals surface area contributed by atoms with Crippen molar-refractivity contribution in [2.45, 2.75) is 38.1 Å². The molecule has 1 atom stereocenters. The molecule has 1 aromatic carbocycles. The topological polar surface area (TPSA) is 29.9 Å². The predicted octanol–water partition coefficient (Wildman–Crippen LogP) is 3.30. The van der Waals surface area contributed by atoms with Crippen molar-refractivity contribution >= 4 is 0 Å². The molecule has 1 aliphatic carbocycles. The molecule has 0 spiro atoms. The molecule has 1 aliphatic rings. The minimum absolute atomic E-state index is 0.205. The van der Waals surface area contributed by atoms with Gasteiger partial charge in [0.05, 0.1) is 17.4 Å². The van der Waals surface area contributed by atoms with Crippen molar-refractivity contribution in [2.75, 3.05) is 7.05 Å². The second kappa shape index (κ2) is 5.41. The smallest absolute Gasteiger partial charge is 0.0745 e. The number of hydrogen-bond acceptors (Lipinski definition) is 2. The summed E-state index contributed by atoms with van der Waals surface area (Å²) in [6.07, 6.45) is 4.10. The van der Waals surface area contributed by atoms with Crippen molar-refractivity contribution in [3.8, 4) is 0 Å². The third-order valence-electron chi connectivity index (χ3n) is 4.47. The van der Waals surface area contributed by atoms with Crippen LogP contribution in [0.5, 0.6) is 0 Å². The van der Waals surface area contributed by atoms with Crippen LogP contribution in [0.1, 0.15) is 53.7 Å². The lowest BCUT2D eigenvalue weighted by Gasteiger charge is -2.26. The highest BCUT2D eigenvalue weighted by Gasteiger charge is 2.20. The van der Waals surface area contributed by atoms with E-state index in [4.69, 9.17) is 0 Å². The largest absolute Gasteiger partial charge is 0.308 e. The minimum atomic E-state index is 0.205. The van der Waals surface area contributed by atoms with Gasteiger partial charge in [-0.3, -0.25) is 4.68 Å². The Balaban J connectivity index is 1.87. The maximum Gasteiger partial charge on any atom is 0.0745 e. The van der Waals surface area contributed by atoms with E-state index >= 15 is 0 Å². The van der Waals surface area contributed by atoms with Gasteiger partial charge in [-0.1, -0.05) is 30.7 Å². The lowest BCUT2D eigenvalue weighted by atomic mass is 9.80. The van der Waals surface area contributed by atoms with E-state index in [9.17, 15) is 0 Å². The van der Waals surface area contributed by atoms with Crippen LogP contribution in [0.2, 0.25) is 0 Å². The molecule has 1 heterocycles. The van der Waals surface area contributed by atoms with Gasteiger partial charge in [-0.2, -0.15) is 5.10 Å². The number of rotatable bonds is 4. The van der Waals surface area contributed by atoms with Gasteiger partial charge >= 0.3 is 0 Å². The number of benzene rings is 1.